The molecule has 0 amide bonds. The number of pyridine rings is 4. The summed E-state index contributed by atoms with van der Waals surface area (Å²) >= 11 is 0. The van der Waals surface area contributed by atoms with Gasteiger partial charge in [-0.25, -0.2) is 0 Å². The summed E-state index contributed by atoms with van der Waals surface area (Å²) < 4.78 is 0. The van der Waals surface area contributed by atoms with E-state index in [0.29, 0.717) is 0 Å². The van der Waals surface area contributed by atoms with Gasteiger partial charge in [0.2, 0.25) is 0 Å². The largest absolute Gasteiger partial charge is 0.256 e. The number of aromatic nitrogens is 4. The van der Waals surface area contributed by atoms with Crippen molar-refractivity contribution in [2.75, 3.05) is 0 Å². The number of rotatable bonds is 0. The first-order valence-corrected chi connectivity index (χ1v) is 21.8. The monoisotopic (exact) mass is 820 g/mol. The summed E-state index contributed by atoms with van der Waals surface area (Å²) in [7, 11) is 0. The molecular weight excluding hydrogens is 777 g/mol. The summed E-state index contributed by atoms with van der Waals surface area (Å²) in [5.74, 6) is 0. The summed E-state index contributed by atoms with van der Waals surface area (Å²) in [5.41, 5.74) is 8.42. The average Bonchev–Trinajstić information content (AvgIpc) is 3.34. The SMILES string of the molecule is Cc1cc2cc(c1)c1ccccc1c1ccc(nc1)c1ccc(nc1)c1cc(C)c(C)cc1c1cc(C)cc(c1)c1ccccc1c1ccc(cn1)c1ccc(cn1)c1ccccc21. The van der Waals surface area contributed by atoms with Gasteiger partial charge in [0.1, 0.15) is 0 Å². The molecular formula is C60H44N4. The summed E-state index contributed by atoms with van der Waals surface area (Å²) in [4.78, 5) is 20.2. The number of hydrogen-bond acceptors (Lipinski definition) is 4. The zero-order valence-electron chi connectivity index (χ0n) is 36.3. The highest BCUT2D eigenvalue weighted by molar-refractivity contribution is 6.12. The molecule has 0 aliphatic carbocycles. The van der Waals surface area contributed by atoms with Crippen LogP contribution in [0.15, 0.2) is 195 Å². The highest BCUT2D eigenvalue weighted by Crippen LogP contribution is 2.31. The van der Waals surface area contributed by atoms with Crippen molar-refractivity contribution in [2.24, 2.45) is 0 Å². The third-order valence-electron chi connectivity index (χ3n) is 12.6. The molecule has 7 aromatic carbocycles. The minimum Gasteiger partial charge on any atom is -0.256 e. The molecule has 10 heterocycles. The van der Waals surface area contributed by atoms with Crippen molar-refractivity contribution in [2.45, 2.75) is 27.7 Å². The third-order valence-corrected chi connectivity index (χ3v) is 12.6. The Hall–Kier alpha value is -8.08. The Balaban J connectivity index is 1.25. The van der Waals surface area contributed by atoms with E-state index >= 15 is 0 Å². The van der Waals surface area contributed by atoms with Crippen LogP contribution >= 0.6 is 0 Å². The van der Waals surface area contributed by atoms with Crippen molar-refractivity contribution in [3.8, 4) is 0 Å². The van der Waals surface area contributed by atoms with Gasteiger partial charge in [0.15, 0.2) is 0 Å². The normalized spacial score (nSPS) is 11.4. The molecule has 304 valence electrons. The van der Waals surface area contributed by atoms with Crippen molar-refractivity contribution >= 4 is 108 Å². The molecule has 17 aromatic rings. The lowest BCUT2D eigenvalue weighted by Gasteiger charge is -2.07. The van der Waals surface area contributed by atoms with E-state index in [4.69, 9.17) is 19.9 Å². The van der Waals surface area contributed by atoms with Crippen LogP contribution in [0.5, 0.6) is 0 Å². The number of benzene rings is 6. The molecule has 0 saturated carbocycles. The average molecular weight is 821 g/mol. The Kier molecular flexibility index (Phi) is 9.70. The molecule has 0 spiro atoms. The van der Waals surface area contributed by atoms with Crippen LogP contribution in [0.25, 0.3) is 108 Å². The zero-order valence-corrected chi connectivity index (χ0v) is 36.3. The smallest absolute Gasteiger partial charge is 0.0717 e. The zero-order chi connectivity index (χ0) is 43.3. The first-order chi connectivity index (χ1) is 31.3. The van der Waals surface area contributed by atoms with Gasteiger partial charge in [0.05, 0.1) is 22.1 Å². The highest BCUT2D eigenvalue weighted by atomic mass is 14.7. The molecule has 17 rings (SSSR count). The molecule has 0 aliphatic rings. The van der Waals surface area contributed by atoms with Gasteiger partial charge in [0, 0.05) is 57.1 Å². The van der Waals surface area contributed by atoms with Crippen molar-refractivity contribution in [3.05, 3.63) is 217 Å². The third kappa shape index (κ3) is 7.19. The van der Waals surface area contributed by atoms with Crippen LogP contribution in [0.3, 0.4) is 0 Å². The number of nitrogens with zero attached hydrogens (tertiary/aromatic N) is 4. The Morgan fingerprint density at radius 1 is 0.234 bits per heavy atom. The van der Waals surface area contributed by atoms with Crippen LogP contribution in [0.4, 0.5) is 0 Å². The van der Waals surface area contributed by atoms with Crippen LogP contribution < -0.4 is 0 Å². The van der Waals surface area contributed by atoms with Gasteiger partial charge < -0.3 is 0 Å². The van der Waals surface area contributed by atoms with Gasteiger partial charge in [-0.05, 0) is 158 Å². The number of aryl methyl sites for hydroxylation is 4. The summed E-state index contributed by atoms with van der Waals surface area (Å²) in [6, 6.07) is 61.2. The van der Waals surface area contributed by atoms with Crippen molar-refractivity contribution in [1.29, 1.82) is 0 Å². The number of hydrogen-bond donors (Lipinski definition) is 0. The lowest BCUT2D eigenvalue weighted by Crippen LogP contribution is -1.85. The van der Waals surface area contributed by atoms with E-state index < -0.39 is 0 Å². The maximum Gasteiger partial charge on any atom is 0.0717 e. The van der Waals surface area contributed by atoms with Gasteiger partial charge in [0.25, 0.3) is 0 Å². The molecule has 4 heteroatoms. The van der Waals surface area contributed by atoms with Gasteiger partial charge >= 0.3 is 0 Å². The lowest BCUT2D eigenvalue weighted by atomic mass is 9.98. The molecule has 0 atom stereocenters. The van der Waals surface area contributed by atoms with Gasteiger partial charge in [-0.3, -0.25) is 19.9 Å². The maximum absolute atomic E-state index is 5.10. The van der Waals surface area contributed by atoms with E-state index in [1.807, 2.05) is 24.8 Å². The van der Waals surface area contributed by atoms with Gasteiger partial charge in [-0.2, -0.15) is 0 Å². The molecule has 0 fully saturated rings. The van der Waals surface area contributed by atoms with Gasteiger partial charge in [-0.1, -0.05) is 115 Å². The molecule has 0 N–H and O–H groups in total. The second kappa shape index (κ2) is 16.0. The Morgan fingerprint density at radius 3 is 0.953 bits per heavy atom. The van der Waals surface area contributed by atoms with E-state index in [9.17, 15) is 0 Å². The maximum atomic E-state index is 5.10. The second-order valence-corrected chi connectivity index (χ2v) is 17.0. The standard InChI is InChI=1S/C60H44N4/c1-37-25-45-31-46(26-37)52-14-8-6-12-50(52)42-18-22-58(62-34-42)44-20-24-60(64-36-44)56-30-40(4)39(3)29-55(56)48-28-38(2)27-47(32-48)53-15-9-10-16-54(53)59-23-19-43(35-63-59)57-21-17-41(33-61-57)49-11-5-7-13-51(45)49/h5-36H,1-4H3. The summed E-state index contributed by atoms with van der Waals surface area (Å²) in [6.45, 7) is 8.71. The lowest BCUT2D eigenvalue weighted by molar-refractivity contribution is 1.36. The molecule has 0 aliphatic heterocycles. The van der Waals surface area contributed by atoms with Crippen molar-refractivity contribution in [3.63, 3.8) is 0 Å². The van der Waals surface area contributed by atoms with E-state index in [0.717, 1.165) is 108 Å². The topological polar surface area (TPSA) is 51.6 Å². The molecule has 64 heavy (non-hydrogen) atoms. The highest BCUT2D eigenvalue weighted by Gasteiger charge is 2.07. The molecule has 10 aromatic heterocycles. The summed E-state index contributed by atoms with van der Waals surface area (Å²) in [5, 5.41) is 17.7. The predicted molar refractivity (Wildman–Crippen MR) is 273 cm³/mol. The Morgan fingerprint density at radius 2 is 0.547 bits per heavy atom. The second-order valence-electron chi connectivity index (χ2n) is 17.0. The van der Waals surface area contributed by atoms with Crippen LogP contribution in [0.1, 0.15) is 22.3 Å². The molecule has 0 unspecified atom stereocenters. The fourth-order valence-electron chi connectivity index (χ4n) is 9.24. The first kappa shape index (κ1) is 38.8. The van der Waals surface area contributed by atoms with E-state index in [-0.39, 0.29) is 0 Å². The van der Waals surface area contributed by atoms with Crippen LogP contribution in [-0.4, -0.2) is 19.9 Å². The molecule has 4 nitrogen and oxygen atoms in total. The Bertz CT molecular complexity index is 3940. The minimum absolute atomic E-state index is 0.877. The van der Waals surface area contributed by atoms with E-state index in [1.165, 1.54) is 22.3 Å². The fourth-order valence-corrected chi connectivity index (χ4v) is 9.24. The van der Waals surface area contributed by atoms with E-state index in [2.05, 4.69) is 198 Å². The van der Waals surface area contributed by atoms with Crippen molar-refractivity contribution < 1.29 is 0 Å². The fraction of sp³-hybridized carbons (Fsp3) is 0.0667. The summed E-state index contributed by atoms with van der Waals surface area (Å²) in [6.07, 6.45) is 7.87. The molecule has 0 radical (unpaired) electrons. The quantitative estimate of drug-likeness (QED) is 0.153. The minimum atomic E-state index is 0.877. The van der Waals surface area contributed by atoms with Crippen LogP contribution in [0, 0.1) is 27.7 Å². The molecule has 0 saturated heterocycles. The van der Waals surface area contributed by atoms with Crippen LogP contribution in [-0.2, 0) is 0 Å². The van der Waals surface area contributed by atoms with Crippen LogP contribution in [0.2, 0.25) is 0 Å². The van der Waals surface area contributed by atoms with Gasteiger partial charge in [-0.15, -0.1) is 0 Å². The van der Waals surface area contributed by atoms with Crippen molar-refractivity contribution in [1.82, 2.24) is 19.9 Å². The predicted octanol–water partition coefficient (Wildman–Crippen LogP) is 16.0. The first-order valence-electron chi connectivity index (χ1n) is 21.8. The van der Waals surface area contributed by atoms with E-state index in [1.54, 1.807) is 0 Å². The Labute approximate surface area is 371 Å². The molecule has 12 bridgehead atoms.